The smallest absolute Gasteiger partial charge is 0.272 e. The average Bonchev–Trinajstić information content (AvgIpc) is 2.73. The van der Waals surface area contributed by atoms with Crippen LogP contribution < -0.4 is 4.90 Å². The van der Waals surface area contributed by atoms with E-state index in [0.29, 0.717) is 31.9 Å². The standard InChI is InChI=1S/C20H18N4O3/c25-20(19-10-5-15-3-1-2-4-18(15)21-19)23-13-11-22(12-14-23)16-6-8-17(9-7-16)24(26)27/h1-10H,11-14H2. The molecule has 1 saturated heterocycles. The van der Waals surface area contributed by atoms with Gasteiger partial charge in [-0.3, -0.25) is 14.9 Å². The molecule has 0 saturated carbocycles. The molecule has 7 nitrogen and oxygen atoms in total. The van der Waals surface area contributed by atoms with Crippen LogP contribution in [0.25, 0.3) is 10.9 Å². The van der Waals surface area contributed by atoms with Crippen molar-refractivity contribution in [3.05, 3.63) is 76.5 Å². The summed E-state index contributed by atoms with van der Waals surface area (Å²) in [7, 11) is 0. The lowest BCUT2D eigenvalue weighted by Gasteiger charge is -2.36. The van der Waals surface area contributed by atoms with E-state index >= 15 is 0 Å². The molecule has 27 heavy (non-hydrogen) atoms. The summed E-state index contributed by atoms with van der Waals surface area (Å²) in [6.45, 7) is 2.53. The zero-order chi connectivity index (χ0) is 18.8. The maximum Gasteiger partial charge on any atom is 0.272 e. The molecule has 0 aliphatic carbocycles. The molecule has 0 N–H and O–H groups in total. The number of nitro benzene ring substituents is 1. The molecule has 1 aromatic heterocycles. The van der Waals surface area contributed by atoms with Crippen LogP contribution in [0.15, 0.2) is 60.7 Å². The zero-order valence-electron chi connectivity index (χ0n) is 14.6. The van der Waals surface area contributed by atoms with Crippen LogP contribution >= 0.6 is 0 Å². The third-order valence-corrected chi connectivity index (χ3v) is 4.81. The molecule has 1 fully saturated rings. The van der Waals surface area contributed by atoms with Crippen molar-refractivity contribution < 1.29 is 9.72 Å². The normalized spacial score (nSPS) is 14.4. The predicted molar refractivity (Wildman–Crippen MR) is 103 cm³/mol. The van der Waals surface area contributed by atoms with Gasteiger partial charge in [0, 0.05) is 49.4 Å². The molecule has 2 heterocycles. The van der Waals surface area contributed by atoms with Gasteiger partial charge < -0.3 is 9.80 Å². The molecule has 1 amide bonds. The molecule has 7 heteroatoms. The summed E-state index contributed by atoms with van der Waals surface area (Å²) in [5, 5.41) is 11.8. The molecule has 0 unspecified atom stereocenters. The first kappa shape index (κ1) is 17.0. The Morgan fingerprint density at radius 2 is 1.63 bits per heavy atom. The number of nitro groups is 1. The number of amides is 1. The number of hydrogen-bond acceptors (Lipinski definition) is 5. The van der Waals surface area contributed by atoms with Crippen LogP contribution in [0.3, 0.4) is 0 Å². The highest BCUT2D eigenvalue weighted by Gasteiger charge is 2.23. The number of fused-ring (bicyclic) bond motifs is 1. The minimum atomic E-state index is -0.406. The molecular formula is C20H18N4O3. The highest BCUT2D eigenvalue weighted by Crippen LogP contribution is 2.21. The lowest BCUT2D eigenvalue weighted by molar-refractivity contribution is -0.384. The van der Waals surface area contributed by atoms with Crippen LogP contribution in [0.5, 0.6) is 0 Å². The van der Waals surface area contributed by atoms with Gasteiger partial charge in [0.15, 0.2) is 0 Å². The fourth-order valence-electron chi connectivity index (χ4n) is 3.30. The lowest BCUT2D eigenvalue weighted by atomic mass is 10.2. The van der Waals surface area contributed by atoms with Gasteiger partial charge in [-0.2, -0.15) is 0 Å². The van der Waals surface area contributed by atoms with Crippen molar-refractivity contribution in [1.82, 2.24) is 9.88 Å². The zero-order valence-corrected chi connectivity index (χ0v) is 14.6. The highest BCUT2D eigenvalue weighted by molar-refractivity contribution is 5.95. The summed E-state index contributed by atoms with van der Waals surface area (Å²) >= 11 is 0. The summed E-state index contributed by atoms with van der Waals surface area (Å²) in [6.07, 6.45) is 0. The Bertz CT molecular complexity index is 996. The SMILES string of the molecule is O=C(c1ccc2ccccc2n1)N1CCN(c2ccc([N+](=O)[O-])cc2)CC1. The van der Waals surface area contributed by atoms with Crippen LogP contribution in [-0.2, 0) is 0 Å². The largest absolute Gasteiger partial charge is 0.368 e. The number of rotatable bonds is 3. The minimum Gasteiger partial charge on any atom is -0.368 e. The van der Waals surface area contributed by atoms with Crippen LogP contribution in [0, 0.1) is 10.1 Å². The molecule has 0 radical (unpaired) electrons. The Balaban J connectivity index is 1.43. The molecule has 0 bridgehead atoms. The van der Waals surface area contributed by atoms with Crippen molar-refractivity contribution in [2.24, 2.45) is 0 Å². The molecule has 1 aliphatic heterocycles. The summed E-state index contributed by atoms with van der Waals surface area (Å²) in [6, 6.07) is 17.9. The fraction of sp³-hybridized carbons (Fsp3) is 0.200. The number of pyridine rings is 1. The first-order valence-corrected chi connectivity index (χ1v) is 8.76. The fourth-order valence-corrected chi connectivity index (χ4v) is 3.30. The van der Waals surface area contributed by atoms with Crippen molar-refractivity contribution in [2.45, 2.75) is 0 Å². The quantitative estimate of drug-likeness (QED) is 0.528. The molecule has 3 aromatic rings. The minimum absolute atomic E-state index is 0.0656. The first-order valence-electron chi connectivity index (χ1n) is 8.76. The average molecular weight is 362 g/mol. The maximum absolute atomic E-state index is 12.8. The van der Waals surface area contributed by atoms with E-state index in [1.807, 2.05) is 30.3 Å². The molecular weight excluding hydrogens is 344 g/mol. The van der Waals surface area contributed by atoms with E-state index in [0.717, 1.165) is 16.6 Å². The van der Waals surface area contributed by atoms with Crippen LogP contribution in [-0.4, -0.2) is 46.9 Å². The molecule has 1 aliphatic rings. The summed E-state index contributed by atoms with van der Waals surface area (Å²) in [5.74, 6) is -0.0656. The Labute approximate surface area is 156 Å². The van der Waals surface area contributed by atoms with Gasteiger partial charge in [0.1, 0.15) is 5.69 Å². The Kier molecular flexibility index (Phi) is 4.42. The van der Waals surface area contributed by atoms with E-state index in [1.54, 1.807) is 23.1 Å². The number of para-hydroxylation sites is 1. The van der Waals surface area contributed by atoms with Gasteiger partial charge in [0.05, 0.1) is 10.4 Å². The van der Waals surface area contributed by atoms with Crippen molar-refractivity contribution in [3.8, 4) is 0 Å². The number of carbonyl (C=O) groups excluding carboxylic acids is 1. The topological polar surface area (TPSA) is 79.6 Å². The van der Waals surface area contributed by atoms with E-state index in [4.69, 9.17) is 0 Å². The Morgan fingerprint density at radius 1 is 0.926 bits per heavy atom. The number of piperazine rings is 1. The van der Waals surface area contributed by atoms with E-state index in [-0.39, 0.29) is 11.6 Å². The number of hydrogen-bond donors (Lipinski definition) is 0. The number of aromatic nitrogens is 1. The van der Waals surface area contributed by atoms with E-state index in [2.05, 4.69) is 9.88 Å². The second-order valence-electron chi connectivity index (χ2n) is 6.44. The van der Waals surface area contributed by atoms with E-state index < -0.39 is 4.92 Å². The van der Waals surface area contributed by atoms with Gasteiger partial charge in [-0.1, -0.05) is 24.3 Å². The molecule has 0 spiro atoms. The Hall–Kier alpha value is -3.48. The number of carbonyl (C=O) groups is 1. The molecule has 136 valence electrons. The van der Waals surface area contributed by atoms with Gasteiger partial charge in [0.2, 0.25) is 0 Å². The maximum atomic E-state index is 12.8. The third-order valence-electron chi connectivity index (χ3n) is 4.81. The van der Waals surface area contributed by atoms with Crippen LogP contribution in [0.1, 0.15) is 10.5 Å². The number of non-ortho nitro benzene ring substituents is 1. The second-order valence-corrected chi connectivity index (χ2v) is 6.44. The van der Waals surface area contributed by atoms with Gasteiger partial charge in [-0.15, -0.1) is 0 Å². The number of benzene rings is 2. The predicted octanol–water partition coefficient (Wildman–Crippen LogP) is 3.11. The van der Waals surface area contributed by atoms with Crippen LogP contribution in [0.4, 0.5) is 11.4 Å². The third kappa shape index (κ3) is 3.44. The van der Waals surface area contributed by atoms with Crippen molar-refractivity contribution in [2.75, 3.05) is 31.1 Å². The second kappa shape index (κ2) is 7.03. The van der Waals surface area contributed by atoms with Crippen molar-refractivity contribution >= 4 is 28.2 Å². The summed E-state index contributed by atoms with van der Waals surface area (Å²) < 4.78 is 0. The van der Waals surface area contributed by atoms with Crippen molar-refractivity contribution in [1.29, 1.82) is 0 Å². The Morgan fingerprint density at radius 3 is 2.33 bits per heavy atom. The summed E-state index contributed by atoms with van der Waals surface area (Å²) in [4.78, 5) is 31.6. The van der Waals surface area contributed by atoms with Gasteiger partial charge in [0.25, 0.3) is 11.6 Å². The number of nitrogens with zero attached hydrogens (tertiary/aromatic N) is 4. The molecule has 4 rings (SSSR count). The first-order chi connectivity index (χ1) is 13.1. The molecule has 2 aromatic carbocycles. The monoisotopic (exact) mass is 362 g/mol. The van der Waals surface area contributed by atoms with E-state index in [9.17, 15) is 14.9 Å². The molecule has 0 atom stereocenters. The lowest BCUT2D eigenvalue weighted by Crippen LogP contribution is -2.49. The van der Waals surface area contributed by atoms with E-state index in [1.165, 1.54) is 12.1 Å². The summed E-state index contributed by atoms with van der Waals surface area (Å²) in [5.41, 5.74) is 2.27. The van der Waals surface area contributed by atoms with Gasteiger partial charge in [-0.25, -0.2) is 4.98 Å². The van der Waals surface area contributed by atoms with Crippen molar-refractivity contribution in [3.63, 3.8) is 0 Å². The van der Waals surface area contributed by atoms with Gasteiger partial charge >= 0.3 is 0 Å². The highest BCUT2D eigenvalue weighted by atomic mass is 16.6. The van der Waals surface area contributed by atoms with Crippen LogP contribution in [0.2, 0.25) is 0 Å². The number of anilines is 1. The van der Waals surface area contributed by atoms with Gasteiger partial charge in [-0.05, 0) is 24.3 Å².